The number of anilines is 4. The molecule has 24 heavy (non-hydrogen) atoms. The Morgan fingerprint density at radius 1 is 1.12 bits per heavy atom. The molecule has 0 unspecified atom stereocenters. The van der Waals surface area contributed by atoms with Crippen LogP contribution in [0.2, 0.25) is 0 Å². The molecular weight excluding hydrogens is 323 g/mol. The normalized spacial score (nSPS) is 15.4. The van der Waals surface area contributed by atoms with E-state index in [0.717, 1.165) is 25.2 Å². The molecule has 7 nitrogen and oxygen atoms in total. The van der Waals surface area contributed by atoms with Crippen LogP contribution in [0.15, 0.2) is 24.3 Å². The van der Waals surface area contributed by atoms with Crippen molar-refractivity contribution in [2.24, 2.45) is 0 Å². The van der Waals surface area contributed by atoms with Crippen LogP contribution in [0.25, 0.3) is 0 Å². The van der Waals surface area contributed by atoms with Crippen molar-refractivity contribution in [3.8, 4) is 0 Å². The topological polar surface area (TPSA) is 92.0 Å². The third-order valence-corrected chi connectivity index (χ3v) is 3.49. The Labute approximate surface area is 136 Å². The molecule has 1 aromatic carbocycles. The molecule has 4 N–H and O–H groups in total. The minimum Gasteiger partial charge on any atom is -0.368 e. The van der Waals surface area contributed by atoms with Crippen LogP contribution >= 0.6 is 0 Å². The number of halogens is 3. The molecule has 1 fully saturated rings. The minimum absolute atomic E-state index is 0.00742. The zero-order valence-corrected chi connectivity index (χ0v) is 12.6. The second-order valence-electron chi connectivity index (χ2n) is 5.26. The summed E-state index contributed by atoms with van der Waals surface area (Å²) in [5.74, 6) is 0.516. The van der Waals surface area contributed by atoms with Crippen LogP contribution in [-0.4, -0.2) is 41.1 Å². The van der Waals surface area contributed by atoms with Crippen LogP contribution in [0.5, 0.6) is 0 Å². The van der Waals surface area contributed by atoms with Gasteiger partial charge in [0, 0.05) is 31.9 Å². The molecule has 2 heterocycles. The first-order valence-corrected chi connectivity index (χ1v) is 7.33. The van der Waals surface area contributed by atoms with E-state index in [-0.39, 0.29) is 17.6 Å². The summed E-state index contributed by atoms with van der Waals surface area (Å²) in [5.41, 5.74) is 5.17. The number of nitrogens with two attached hydrogens (primary N) is 1. The van der Waals surface area contributed by atoms with Gasteiger partial charge in [-0.05, 0) is 18.2 Å². The molecule has 0 radical (unpaired) electrons. The lowest BCUT2D eigenvalue weighted by atomic mass is 10.2. The van der Waals surface area contributed by atoms with E-state index in [1.54, 1.807) is 0 Å². The highest BCUT2D eigenvalue weighted by Crippen LogP contribution is 2.31. The van der Waals surface area contributed by atoms with E-state index in [1.165, 1.54) is 12.1 Å². The molecule has 0 spiro atoms. The number of benzene rings is 1. The second kappa shape index (κ2) is 6.48. The molecule has 0 atom stereocenters. The maximum Gasteiger partial charge on any atom is 0.416 e. The number of nitrogens with one attached hydrogen (secondary N) is 2. The van der Waals surface area contributed by atoms with Crippen molar-refractivity contribution >= 4 is 23.5 Å². The monoisotopic (exact) mass is 339 g/mol. The Hall–Kier alpha value is -2.62. The summed E-state index contributed by atoms with van der Waals surface area (Å²) in [6, 6.07) is 4.80. The first kappa shape index (κ1) is 16.2. The number of nitrogen functional groups attached to an aromatic ring is 1. The molecule has 1 saturated heterocycles. The van der Waals surface area contributed by atoms with Gasteiger partial charge in [0.15, 0.2) is 0 Å². The summed E-state index contributed by atoms with van der Waals surface area (Å²) in [6.45, 7) is 3.02. The van der Waals surface area contributed by atoms with E-state index in [4.69, 9.17) is 5.73 Å². The number of nitrogens with zero attached hydrogens (tertiary/aromatic N) is 4. The number of piperazine rings is 1. The van der Waals surface area contributed by atoms with Gasteiger partial charge in [-0.25, -0.2) is 0 Å². The molecule has 0 amide bonds. The molecule has 10 heteroatoms. The van der Waals surface area contributed by atoms with Gasteiger partial charge in [-0.2, -0.15) is 28.1 Å². The smallest absolute Gasteiger partial charge is 0.368 e. The zero-order valence-electron chi connectivity index (χ0n) is 12.6. The summed E-state index contributed by atoms with van der Waals surface area (Å²) in [7, 11) is 0. The minimum atomic E-state index is -4.41. The van der Waals surface area contributed by atoms with Crippen molar-refractivity contribution in [3.63, 3.8) is 0 Å². The fourth-order valence-electron chi connectivity index (χ4n) is 2.35. The van der Waals surface area contributed by atoms with Gasteiger partial charge < -0.3 is 21.3 Å². The molecule has 2 aromatic rings. The van der Waals surface area contributed by atoms with Crippen molar-refractivity contribution in [2.45, 2.75) is 6.18 Å². The summed E-state index contributed by atoms with van der Waals surface area (Å²) in [6.07, 6.45) is -4.41. The van der Waals surface area contributed by atoms with Crippen molar-refractivity contribution < 1.29 is 13.2 Å². The quantitative estimate of drug-likeness (QED) is 0.783. The SMILES string of the molecule is Nc1nc(Nc2cccc(C(F)(F)F)c2)nc(N2CCNCC2)n1. The number of hydrogen-bond donors (Lipinski definition) is 3. The lowest BCUT2D eigenvalue weighted by Gasteiger charge is -2.27. The first-order valence-electron chi connectivity index (χ1n) is 7.33. The molecule has 1 aromatic heterocycles. The standard InChI is InChI=1S/C14H16F3N7/c15-14(16,17)9-2-1-3-10(8-9)20-12-21-11(18)22-13(23-12)24-6-4-19-5-7-24/h1-3,8,19H,4-7H2,(H3,18,20,21,22,23). The molecule has 0 aliphatic carbocycles. The highest BCUT2D eigenvalue weighted by atomic mass is 19.4. The summed E-state index contributed by atoms with van der Waals surface area (Å²) in [4.78, 5) is 14.2. The van der Waals surface area contributed by atoms with Gasteiger partial charge in [0.25, 0.3) is 0 Å². The molecule has 0 saturated carbocycles. The van der Waals surface area contributed by atoms with Crippen molar-refractivity contribution in [1.29, 1.82) is 0 Å². The Kier molecular flexibility index (Phi) is 4.38. The van der Waals surface area contributed by atoms with E-state index in [0.29, 0.717) is 19.0 Å². The maximum absolute atomic E-state index is 12.8. The number of rotatable bonds is 3. The molecule has 1 aliphatic rings. The highest BCUT2D eigenvalue weighted by Gasteiger charge is 2.30. The van der Waals surface area contributed by atoms with Crippen LogP contribution in [0.1, 0.15) is 5.56 Å². The fourth-order valence-corrected chi connectivity index (χ4v) is 2.35. The predicted octanol–water partition coefficient (Wildman–Crippen LogP) is 1.63. The average molecular weight is 339 g/mol. The van der Waals surface area contributed by atoms with Crippen molar-refractivity contribution in [3.05, 3.63) is 29.8 Å². The molecular formula is C14H16F3N7. The molecule has 1 aliphatic heterocycles. The Morgan fingerprint density at radius 3 is 2.58 bits per heavy atom. The van der Waals surface area contributed by atoms with Crippen LogP contribution in [-0.2, 0) is 6.18 Å². The third kappa shape index (κ3) is 3.82. The van der Waals surface area contributed by atoms with Crippen LogP contribution in [0.3, 0.4) is 0 Å². The van der Waals surface area contributed by atoms with Gasteiger partial charge in [0.2, 0.25) is 17.8 Å². The Balaban J connectivity index is 1.83. The average Bonchev–Trinajstić information content (AvgIpc) is 2.54. The Morgan fingerprint density at radius 2 is 1.88 bits per heavy atom. The lowest BCUT2D eigenvalue weighted by molar-refractivity contribution is -0.137. The highest BCUT2D eigenvalue weighted by molar-refractivity contribution is 5.56. The van der Waals surface area contributed by atoms with E-state index < -0.39 is 11.7 Å². The summed E-state index contributed by atoms with van der Waals surface area (Å²) < 4.78 is 38.3. The fraction of sp³-hybridized carbons (Fsp3) is 0.357. The second-order valence-corrected chi connectivity index (χ2v) is 5.26. The van der Waals surface area contributed by atoms with E-state index in [1.807, 2.05) is 4.90 Å². The van der Waals surface area contributed by atoms with Gasteiger partial charge in [-0.1, -0.05) is 6.07 Å². The van der Waals surface area contributed by atoms with E-state index in [2.05, 4.69) is 25.6 Å². The van der Waals surface area contributed by atoms with Crippen molar-refractivity contribution in [2.75, 3.05) is 42.1 Å². The summed E-state index contributed by atoms with van der Waals surface area (Å²) in [5, 5.41) is 5.96. The van der Waals surface area contributed by atoms with Crippen molar-refractivity contribution in [1.82, 2.24) is 20.3 Å². The van der Waals surface area contributed by atoms with Gasteiger partial charge in [0.1, 0.15) is 0 Å². The molecule has 128 valence electrons. The van der Waals surface area contributed by atoms with Gasteiger partial charge in [-0.15, -0.1) is 0 Å². The largest absolute Gasteiger partial charge is 0.416 e. The third-order valence-electron chi connectivity index (χ3n) is 3.49. The van der Waals surface area contributed by atoms with Gasteiger partial charge in [0.05, 0.1) is 5.56 Å². The number of aromatic nitrogens is 3. The Bertz CT molecular complexity index is 714. The van der Waals surface area contributed by atoms with E-state index >= 15 is 0 Å². The summed E-state index contributed by atoms with van der Waals surface area (Å²) >= 11 is 0. The molecule has 3 rings (SSSR count). The van der Waals surface area contributed by atoms with E-state index in [9.17, 15) is 13.2 Å². The zero-order chi connectivity index (χ0) is 17.2. The maximum atomic E-state index is 12.8. The molecule has 0 bridgehead atoms. The van der Waals surface area contributed by atoms with Crippen LogP contribution in [0.4, 0.5) is 36.7 Å². The first-order chi connectivity index (χ1) is 11.4. The number of hydrogen-bond acceptors (Lipinski definition) is 7. The van der Waals surface area contributed by atoms with Gasteiger partial charge in [-0.3, -0.25) is 0 Å². The van der Waals surface area contributed by atoms with Crippen LogP contribution < -0.4 is 21.3 Å². The predicted molar refractivity (Wildman–Crippen MR) is 84.0 cm³/mol. The number of alkyl halides is 3. The van der Waals surface area contributed by atoms with Crippen LogP contribution in [0, 0.1) is 0 Å². The van der Waals surface area contributed by atoms with Gasteiger partial charge >= 0.3 is 6.18 Å². The lowest BCUT2D eigenvalue weighted by Crippen LogP contribution is -2.44.